The molecule has 3 rings (SSSR count). The average molecular weight is 354 g/mol. The third-order valence-corrected chi connectivity index (χ3v) is 3.85. The monoisotopic (exact) mass is 354 g/mol. The minimum atomic E-state index is -1.43. The van der Waals surface area contributed by atoms with Gasteiger partial charge < -0.3 is 15.0 Å². The van der Waals surface area contributed by atoms with Crippen molar-refractivity contribution in [3.05, 3.63) is 66.4 Å². The van der Waals surface area contributed by atoms with Crippen molar-refractivity contribution in [3.63, 3.8) is 0 Å². The molecule has 1 amide bonds. The van der Waals surface area contributed by atoms with Gasteiger partial charge in [-0.2, -0.15) is 0 Å². The summed E-state index contributed by atoms with van der Waals surface area (Å²) in [5.41, 5.74) is 3.12. The van der Waals surface area contributed by atoms with Gasteiger partial charge in [-0.25, -0.2) is 4.39 Å². The summed E-state index contributed by atoms with van der Waals surface area (Å²) >= 11 is 0. The molecule has 0 saturated carbocycles. The summed E-state index contributed by atoms with van der Waals surface area (Å²) in [6, 6.07) is 5.15. The Kier molecular flexibility index (Phi) is 4.97. The van der Waals surface area contributed by atoms with E-state index in [0.717, 1.165) is 0 Å². The highest BCUT2D eigenvalue weighted by molar-refractivity contribution is 5.99. The Morgan fingerprint density at radius 3 is 3.00 bits per heavy atom. The van der Waals surface area contributed by atoms with Crippen molar-refractivity contribution in [2.24, 2.45) is 0 Å². The van der Waals surface area contributed by atoms with Gasteiger partial charge in [-0.05, 0) is 30.5 Å². The summed E-state index contributed by atoms with van der Waals surface area (Å²) < 4.78 is 18.1. The molecule has 2 aromatic rings. The number of halogens is 1. The molecule has 1 aliphatic heterocycles. The Bertz CT molecular complexity index is 880. The molecule has 26 heavy (non-hydrogen) atoms. The number of amides is 1. The zero-order chi connectivity index (χ0) is 18.7. The number of pyridine rings is 2. The van der Waals surface area contributed by atoms with Gasteiger partial charge in [0.1, 0.15) is 5.75 Å². The number of nitrogens with zero attached hydrogens (tertiary/aromatic N) is 3. The van der Waals surface area contributed by atoms with Crippen molar-refractivity contribution in [3.8, 4) is 17.0 Å². The lowest BCUT2D eigenvalue weighted by molar-refractivity contribution is 0.0830. The van der Waals surface area contributed by atoms with Crippen molar-refractivity contribution in [1.82, 2.24) is 20.2 Å². The van der Waals surface area contributed by atoms with Crippen LogP contribution in [-0.4, -0.2) is 34.2 Å². The second-order valence-electron chi connectivity index (χ2n) is 5.77. The molecule has 1 unspecified atom stereocenters. The zero-order valence-corrected chi connectivity index (χ0v) is 14.6. The van der Waals surface area contributed by atoms with E-state index in [9.17, 15) is 9.18 Å². The van der Waals surface area contributed by atoms with Gasteiger partial charge in [0, 0.05) is 31.4 Å². The van der Waals surface area contributed by atoms with Crippen LogP contribution < -0.4 is 10.1 Å². The predicted molar refractivity (Wildman–Crippen MR) is 95.9 cm³/mol. The van der Waals surface area contributed by atoms with Crippen LogP contribution >= 0.6 is 0 Å². The van der Waals surface area contributed by atoms with E-state index < -0.39 is 6.36 Å². The van der Waals surface area contributed by atoms with E-state index in [4.69, 9.17) is 4.74 Å². The zero-order valence-electron chi connectivity index (χ0n) is 14.6. The topological polar surface area (TPSA) is 67.3 Å². The van der Waals surface area contributed by atoms with Gasteiger partial charge in [0.25, 0.3) is 5.91 Å². The molecule has 3 heterocycles. The van der Waals surface area contributed by atoms with Gasteiger partial charge in [0.05, 0.1) is 29.7 Å². The first kappa shape index (κ1) is 17.6. The minimum absolute atomic E-state index is 0.133. The number of hydrogen-bond acceptors (Lipinski definition) is 5. The van der Waals surface area contributed by atoms with E-state index >= 15 is 0 Å². The first-order chi connectivity index (χ1) is 12.5. The van der Waals surface area contributed by atoms with E-state index in [2.05, 4.69) is 21.9 Å². The van der Waals surface area contributed by atoms with Crippen LogP contribution in [0.15, 0.2) is 55.1 Å². The maximum atomic E-state index is 13.0. The molecule has 0 bridgehead atoms. The van der Waals surface area contributed by atoms with Crippen LogP contribution in [0.4, 0.5) is 4.39 Å². The Hall–Kier alpha value is -3.22. The fourth-order valence-electron chi connectivity index (χ4n) is 2.66. The Balaban J connectivity index is 1.87. The van der Waals surface area contributed by atoms with Crippen LogP contribution in [-0.2, 0) is 6.54 Å². The summed E-state index contributed by atoms with van der Waals surface area (Å²) in [4.78, 5) is 22.7. The molecular weight excluding hydrogens is 335 g/mol. The molecule has 1 N–H and O–H groups in total. The maximum absolute atomic E-state index is 13.0. The average Bonchev–Trinajstić information content (AvgIpc) is 2.95. The highest BCUT2D eigenvalue weighted by atomic mass is 19.1. The van der Waals surface area contributed by atoms with Crippen molar-refractivity contribution in [1.29, 1.82) is 0 Å². The second-order valence-corrected chi connectivity index (χ2v) is 5.77. The number of rotatable bonds is 6. The fraction of sp³-hybridized carbons (Fsp3) is 0.211. The van der Waals surface area contributed by atoms with E-state index in [0.29, 0.717) is 40.5 Å². The number of nitrogens with one attached hydrogen (secondary N) is 1. The van der Waals surface area contributed by atoms with Crippen molar-refractivity contribution in [2.75, 3.05) is 7.05 Å². The molecule has 6 nitrogen and oxygen atoms in total. The SMILES string of the molecule is C=C(/C=C\NC)N1Cc2nc(-c3cncc(OC(C)F)c3)ccc2C1=O. The van der Waals surface area contributed by atoms with Crippen molar-refractivity contribution < 1.29 is 13.9 Å². The van der Waals surface area contributed by atoms with Crippen LogP contribution in [0.5, 0.6) is 5.75 Å². The fourth-order valence-corrected chi connectivity index (χ4v) is 2.66. The van der Waals surface area contributed by atoms with E-state index in [-0.39, 0.29) is 5.91 Å². The van der Waals surface area contributed by atoms with E-state index in [1.807, 2.05) is 0 Å². The Labute approximate surface area is 151 Å². The van der Waals surface area contributed by atoms with Gasteiger partial charge in [0.15, 0.2) is 0 Å². The Morgan fingerprint density at radius 1 is 1.46 bits per heavy atom. The second kappa shape index (κ2) is 7.35. The summed E-state index contributed by atoms with van der Waals surface area (Å²) in [6.07, 6.45) is 5.07. The molecular formula is C19H19FN4O2. The molecule has 0 spiro atoms. The number of hydrogen-bond donors (Lipinski definition) is 1. The third-order valence-electron chi connectivity index (χ3n) is 3.85. The number of aromatic nitrogens is 2. The maximum Gasteiger partial charge on any atom is 0.260 e. The van der Waals surface area contributed by atoms with Gasteiger partial charge in [-0.3, -0.25) is 14.8 Å². The molecule has 0 saturated heterocycles. The van der Waals surface area contributed by atoms with Crippen LogP contribution in [0.25, 0.3) is 11.3 Å². The molecule has 0 aliphatic carbocycles. The van der Waals surface area contributed by atoms with E-state index in [1.54, 1.807) is 48.6 Å². The van der Waals surface area contributed by atoms with Gasteiger partial charge in [-0.15, -0.1) is 0 Å². The molecule has 1 atom stereocenters. The smallest absolute Gasteiger partial charge is 0.260 e. The highest BCUT2D eigenvalue weighted by Crippen LogP contribution is 2.28. The van der Waals surface area contributed by atoms with Gasteiger partial charge >= 0.3 is 0 Å². The summed E-state index contributed by atoms with van der Waals surface area (Å²) in [6.45, 7) is 5.56. The lowest BCUT2D eigenvalue weighted by Gasteiger charge is -2.14. The Morgan fingerprint density at radius 2 is 2.27 bits per heavy atom. The lowest BCUT2D eigenvalue weighted by Crippen LogP contribution is -2.21. The molecule has 0 radical (unpaired) electrons. The van der Waals surface area contributed by atoms with Crippen LogP contribution in [0.3, 0.4) is 0 Å². The number of carbonyl (C=O) groups excluding carboxylic acids is 1. The molecule has 134 valence electrons. The van der Waals surface area contributed by atoms with Crippen molar-refractivity contribution >= 4 is 5.91 Å². The molecule has 0 fully saturated rings. The number of carbonyl (C=O) groups is 1. The number of alkyl halides is 1. The number of ether oxygens (including phenoxy) is 1. The number of fused-ring (bicyclic) bond motifs is 1. The lowest BCUT2D eigenvalue weighted by atomic mass is 10.1. The molecule has 7 heteroatoms. The van der Waals surface area contributed by atoms with Crippen molar-refractivity contribution in [2.45, 2.75) is 19.8 Å². The standard InChI is InChI=1S/C19H19FN4O2/c1-12(6-7-21-3)24-11-18-16(19(24)25)4-5-17(23-18)14-8-15(10-22-9-14)26-13(2)20/h4-10,13,21H,1,11H2,2-3H3/b7-6-. The van der Waals surface area contributed by atoms with Gasteiger partial charge in [-0.1, -0.05) is 6.58 Å². The summed E-state index contributed by atoms with van der Waals surface area (Å²) in [5.74, 6) is 0.189. The molecule has 1 aliphatic rings. The normalized spacial score (nSPS) is 14.4. The van der Waals surface area contributed by atoms with Crippen LogP contribution in [0.2, 0.25) is 0 Å². The van der Waals surface area contributed by atoms with E-state index in [1.165, 1.54) is 13.1 Å². The quantitative estimate of drug-likeness (QED) is 0.808. The largest absolute Gasteiger partial charge is 0.459 e. The predicted octanol–water partition coefficient (Wildman–Crippen LogP) is 3.04. The highest BCUT2D eigenvalue weighted by Gasteiger charge is 2.29. The van der Waals surface area contributed by atoms with Crippen LogP contribution in [0.1, 0.15) is 23.0 Å². The minimum Gasteiger partial charge on any atom is -0.459 e. The first-order valence-electron chi connectivity index (χ1n) is 8.10. The summed E-state index contributed by atoms with van der Waals surface area (Å²) in [5, 5.41) is 2.87. The van der Waals surface area contributed by atoms with Crippen LogP contribution in [0, 0.1) is 0 Å². The molecule has 0 aromatic carbocycles. The first-order valence-corrected chi connectivity index (χ1v) is 8.10. The third kappa shape index (κ3) is 3.56. The summed E-state index contributed by atoms with van der Waals surface area (Å²) in [7, 11) is 1.77. The number of allylic oxidation sites excluding steroid dienone is 1. The molecule has 2 aromatic heterocycles. The van der Waals surface area contributed by atoms with Gasteiger partial charge in [0.2, 0.25) is 6.36 Å².